The van der Waals surface area contributed by atoms with Crippen molar-refractivity contribution < 1.29 is 5.11 Å². The summed E-state index contributed by atoms with van der Waals surface area (Å²) in [5.41, 5.74) is 7.56. The Morgan fingerprint density at radius 1 is 1.12 bits per heavy atom. The van der Waals surface area contributed by atoms with E-state index in [1.165, 1.54) is 47.9 Å². The fraction of sp³-hybridized carbons (Fsp3) is 0.519. The maximum atomic E-state index is 10.1. The molecule has 7 nitrogen and oxygen atoms in total. The third-order valence-corrected chi connectivity index (χ3v) is 7.96. The van der Waals surface area contributed by atoms with Gasteiger partial charge in [-0.05, 0) is 80.3 Å². The lowest BCUT2D eigenvalue weighted by Gasteiger charge is -2.50. The minimum Gasteiger partial charge on any atom is -0.388 e. The van der Waals surface area contributed by atoms with Crippen LogP contribution in [-0.4, -0.2) is 59.5 Å². The molecule has 2 aliphatic rings. The lowest BCUT2D eigenvalue weighted by Crippen LogP contribution is -2.63. The Morgan fingerprint density at radius 3 is 2.59 bits per heavy atom. The number of aromatic nitrogens is 5. The van der Waals surface area contributed by atoms with E-state index in [-0.39, 0.29) is 0 Å². The molecule has 2 N–H and O–H groups in total. The number of nitrogens with one attached hydrogen (secondary N) is 1. The Kier molecular flexibility index (Phi) is 5.04. The van der Waals surface area contributed by atoms with E-state index in [4.69, 9.17) is 5.10 Å². The van der Waals surface area contributed by atoms with Crippen molar-refractivity contribution in [1.82, 2.24) is 29.7 Å². The molecule has 4 heterocycles. The third-order valence-electron chi connectivity index (χ3n) is 7.96. The van der Waals surface area contributed by atoms with Crippen molar-refractivity contribution in [3.8, 4) is 11.1 Å². The molecule has 34 heavy (non-hydrogen) atoms. The molecule has 0 unspecified atom stereocenters. The highest BCUT2D eigenvalue weighted by Gasteiger charge is 2.41. The Balaban J connectivity index is 1.31. The van der Waals surface area contributed by atoms with Gasteiger partial charge in [0.15, 0.2) is 5.65 Å². The Labute approximate surface area is 200 Å². The van der Waals surface area contributed by atoms with Crippen LogP contribution in [-0.2, 0) is 0 Å². The van der Waals surface area contributed by atoms with Crippen molar-refractivity contribution >= 4 is 16.6 Å². The molecule has 1 saturated heterocycles. The minimum atomic E-state index is -0.488. The highest BCUT2D eigenvalue weighted by Crippen LogP contribution is 2.41. The highest BCUT2D eigenvalue weighted by atomic mass is 16.3. The van der Waals surface area contributed by atoms with Crippen molar-refractivity contribution in [2.45, 2.75) is 76.9 Å². The molecule has 6 rings (SSSR count). The second kappa shape index (κ2) is 7.89. The molecule has 3 aromatic heterocycles. The van der Waals surface area contributed by atoms with Crippen molar-refractivity contribution in [3.63, 3.8) is 0 Å². The van der Waals surface area contributed by atoms with Crippen LogP contribution >= 0.6 is 0 Å². The van der Waals surface area contributed by atoms with Crippen LogP contribution in [0.1, 0.15) is 75.1 Å². The fourth-order valence-electron chi connectivity index (χ4n) is 6.19. The van der Waals surface area contributed by atoms with Crippen LogP contribution in [0.2, 0.25) is 0 Å². The zero-order valence-corrected chi connectivity index (χ0v) is 20.5. The number of benzene rings is 1. The second-order valence-corrected chi connectivity index (χ2v) is 11.1. The van der Waals surface area contributed by atoms with Crippen LogP contribution in [0.4, 0.5) is 0 Å². The number of pyridine rings is 1. The van der Waals surface area contributed by atoms with E-state index in [2.05, 4.69) is 65.2 Å². The first kappa shape index (κ1) is 21.7. The van der Waals surface area contributed by atoms with E-state index in [9.17, 15) is 5.11 Å². The second-order valence-electron chi connectivity index (χ2n) is 11.1. The average molecular weight is 459 g/mol. The predicted molar refractivity (Wildman–Crippen MR) is 134 cm³/mol. The summed E-state index contributed by atoms with van der Waals surface area (Å²) in [6.45, 7) is 10.2. The smallest absolute Gasteiger partial charge is 0.158 e. The van der Waals surface area contributed by atoms with Crippen LogP contribution in [0, 0.1) is 6.92 Å². The lowest BCUT2D eigenvalue weighted by molar-refractivity contribution is -0.107. The molecule has 2 fully saturated rings. The van der Waals surface area contributed by atoms with E-state index in [0.29, 0.717) is 17.9 Å². The number of hydrogen-bond acceptors (Lipinski definition) is 5. The minimum absolute atomic E-state index is 0.392. The van der Waals surface area contributed by atoms with Gasteiger partial charge in [-0.15, -0.1) is 0 Å². The Morgan fingerprint density at radius 2 is 1.88 bits per heavy atom. The quantitative estimate of drug-likeness (QED) is 0.459. The summed E-state index contributed by atoms with van der Waals surface area (Å²) in [5, 5.41) is 23.9. The zero-order chi connectivity index (χ0) is 23.6. The maximum absolute atomic E-state index is 10.1. The standard InChI is InChI=1S/C27H34N6O/c1-16(2)21-10-23-24(11-22(21)19-9-17(3)26-28-15-29-33(26)12-19)30-31-25(23)18-5-7-20(8-6-18)32-13-27(4,34)14-32/h9-12,15-16,18,20,34H,5-8,13-14H2,1-4H3,(H,30,31). The van der Waals surface area contributed by atoms with Gasteiger partial charge in [0.25, 0.3) is 0 Å². The van der Waals surface area contributed by atoms with Gasteiger partial charge in [-0.25, -0.2) is 9.50 Å². The number of nitrogens with zero attached hydrogens (tertiary/aromatic N) is 5. The van der Waals surface area contributed by atoms with Gasteiger partial charge in [0.05, 0.1) is 11.1 Å². The molecule has 178 valence electrons. The van der Waals surface area contributed by atoms with Gasteiger partial charge in [0.1, 0.15) is 6.33 Å². The summed E-state index contributed by atoms with van der Waals surface area (Å²) in [6.07, 6.45) is 8.40. The third kappa shape index (κ3) is 3.62. The van der Waals surface area contributed by atoms with E-state index in [0.717, 1.165) is 35.4 Å². The van der Waals surface area contributed by atoms with Crippen LogP contribution in [0.3, 0.4) is 0 Å². The molecule has 0 bridgehead atoms. The molecule has 0 atom stereocenters. The molecule has 0 spiro atoms. The van der Waals surface area contributed by atoms with Crippen LogP contribution in [0.5, 0.6) is 0 Å². The molecule has 1 saturated carbocycles. The number of β-amino-alcohol motifs (C(OH)–C–C–N with tert-alkyl or cyclic N) is 1. The predicted octanol–water partition coefficient (Wildman–Crippen LogP) is 4.80. The van der Waals surface area contributed by atoms with E-state index in [1.54, 1.807) is 6.33 Å². The first-order chi connectivity index (χ1) is 16.3. The topological polar surface area (TPSA) is 82.3 Å². The lowest BCUT2D eigenvalue weighted by atomic mass is 9.80. The van der Waals surface area contributed by atoms with Gasteiger partial charge in [-0.3, -0.25) is 10.00 Å². The number of H-pyrrole nitrogens is 1. The number of aliphatic hydroxyl groups is 1. The van der Waals surface area contributed by atoms with Crippen molar-refractivity contribution in [1.29, 1.82) is 0 Å². The molecular formula is C27H34N6O. The first-order valence-electron chi connectivity index (χ1n) is 12.6. The van der Waals surface area contributed by atoms with Gasteiger partial charge < -0.3 is 5.11 Å². The van der Waals surface area contributed by atoms with Gasteiger partial charge in [0.2, 0.25) is 0 Å². The highest BCUT2D eigenvalue weighted by molar-refractivity contribution is 5.89. The Bertz CT molecular complexity index is 1350. The Hall–Kier alpha value is -2.77. The fourth-order valence-corrected chi connectivity index (χ4v) is 6.19. The number of fused-ring (bicyclic) bond motifs is 2. The largest absolute Gasteiger partial charge is 0.388 e. The van der Waals surface area contributed by atoms with Crippen LogP contribution < -0.4 is 0 Å². The number of likely N-dealkylation sites (tertiary alicyclic amines) is 1. The van der Waals surface area contributed by atoms with Gasteiger partial charge in [-0.2, -0.15) is 10.2 Å². The van der Waals surface area contributed by atoms with Crippen molar-refractivity contribution in [3.05, 3.63) is 47.5 Å². The average Bonchev–Trinajstić information content (AvgIpc) is 3.43. The van der Waals surface area contributed by atoms with Crippen molar-refractivity contribution in [2.24, 2.45) is 0 Å². The first-order valence-corrected chi connectivity index (χ1v) is 12.6. The number of rotatable bonds is 4. The summed E-state index contributed by atoms with van der Waals surface area (Å²) in [4.78, 5) is 6.82. The zero-order valence-electron chi connectivity index (χ0n) is 20.5. The molecule has 1 aromatic carbocycles. The number of hydrogen-bond donors (Lipinski definition) is 2. The molecule has 1 aliphatic carbocycles. The maximum Gasteiger partial charge on any atom is 0.158 e. The van der Waals surface area contributed by atoms with E-state index >= 15 is 0 Å². The van der Waals surface area contributed by atoms with Crippen LogP contribution in [0.25, 0.3) is 27.7 Å². The number of aromatic amines is 1. The molecular weight excluding hydrogens is 424 g/mol. The molecule has 1 aliphatic heterocycles. The SMILES string of the molecule is Cc1cc(-c2cc3n[nH]c(C4CCC(N5CC(C)(O)C5)CC4)c3cc2C(C)C)cn2ncnc12. The molecule has 0 radical (unpaired) electrons. The summed E-state index contributed by atoms with van der Waals surface area (Å²) < 4.78 is 1.87. The summed E-state index contributed by atoms with van der Waals surface area (Å²) in [6, 6.07) is 7.43. The van der Waals surface area contributed by atoms with Gasteiger partial charge in [0, 0.05) is 47.9 Å². The molecule has 4 aromatic rings. The summed E-state index contributed by atoms with van der Waals surface area (Å²) in [5.74, 6) is 0.909. The van der Waals surface area contributed by atoms with Crippen molar-refractivity contribution in [2.75, 3.05) is 13.1 Å². The summed E-state index contributed by atoms with van der Waals surface area (Å²) >= 11 is 0. The van der Waals surface area contributed by atoms with Gasteiger partial charge >= 0.3 is 0 Å². The van der Waals surface area contributed by atoms with Crippen LogP contribution in [0.15, 0.2) is 30.7 Å². The molecule has 7 heteroatoms. The normalized spacial score (nSPS) is 23.1. The number of aryl methyl sites for hydroxylation is 1. The molecule has 0 amide bonds. The summed E-state index contributed by atoms with van der Waals surface area (Å²) in [7, 11) is 0. The van der Waals surface area contributed by atoms with E-state index in [1.807, 2.05) is 11.4 Å². The van der Waals surface area contributed by atoms with E-state index < -0.39 is 5.60 Å². The monoisotopic (exact) mass is 458 g/mol. The van der Waals surface area contributed by atoms with Gasteiger partial charge in [-0.1, -0.05) is 13.8 Å².